The van der Waals surface area contributed by atoms with Gasteiger partial charge in [-0.3, -0.25) is 0 Å². The predicted octanol–water partition coefficient (Wildman–Crippen LogP) is 0.944. The van der Waals surface area contributed by atoms with E-state index < -0.39 is 5.79 Å². The third kappa shape index (κ3) is 1.41. The second-order valence-electron chi connectivity index (χ2n) is 3.58. The van der Waals surface area contributed by atoms with Crippen LogP contribution in [0.25, 0.3) is 0 Å². The van der Waals surface area contributed by atoms with E-state index in [1.54, 1.807) is 0 Å². The van der Waals surface area contributed by atoms with Gasteiger partial charge in [-0.1, -0.05) is 0 Å². The highest BCUT2D eigenvalue weighted by Gasteiger charge is 2.48. The Balaban J connectivity index is 2.18. The monoisotopic (exact) mass is 181 g/mol. The van der Waals surface area contributed by atoms with Gasteiger partial charge in [0.15, 0.2) is 5.79 Å². The molecule has 13 heavy (non-hydrogen) atoms. The zero-order valence-corrected chi connectivity index (χ0v) is 7.61. The third-order valence-corrected chi connectivity index (χ3v) is 2.09. The summed E-state index contributed by atoms with van der Waals surface area (Å²) in [6.45, 7) is 4.19. The Bertz CT molecular complexity index is 290. The van der Waals surface area contributed by atoms with Crippen molar-refractivity contribution in [3.63, 3.8) is 0 Å². The first-order valence-electron chi connectivity index (χ1n) is 4.20. The average molecular weight is 181 g/mol. The zero-order valence-electron chi connectivity index (χ0n) is 7.61. The number of hydrogen-bond acceptors (Lipinski definition) is 4. The number of hydrogen-bond donors (Lipinski definition) is 0. The van der Waals surface area contributed by atoms with Crippen LogP contribution in [-0.4, -0.2) is 24.6 Å². The van der Waals surface area contributed by atoms with Crippen molar-refractivity contribution in [1.29, 1.82) is 5.26 Å². The predicted molar refractivity (Wildman–Crippen MR) is 43.5 cm³/mol. The molecule has 0 unspecified atom stereocenters. The van der Waals surface area contributed by atoms with Crippen LogP contribution in [0.5, 0.6) is 0 Å². The number of fused-ring (bicyclic) bond motifs is 1. The maximum absolute atomic E-state index is 8.47. The Hall–Kier alpha value is -1.05. The van der Waals surface area contributed by atoms with Gasteiger partial charge >= 0.3 is 0 Å². The summed E-state index contributed by atoms with van der Waals surface area (Å²) < 4.78 is 16.4. The van der Waals surface area contributed by atoms with Crippen molar-refractivity contribution in [2.24, 2.45) is 0 Å². The molecule has 4 nitrogen and oxygen atoms in total. The van der Waals surface area contributed by atoms with Gasteiger partial charge in [-0.15, -0.1) is 0 Å². The molecule has 0 aliphatic carbocycles. The fraction of sp³-hybridized carbons (Fsp3) is 0.667. The number of allylic oxidation sites excluding steroid dienone is 1. The normalized spacial score (nSPS) is 38.4. The Morgan fingerprint density at radius 3 is 3.00 bits per heavy atom. The lowest BCUT2D eigenvalue weighted by atomic mass is 10.2. The molecule has 0 bridgehead atoms. The molecule has 0 amide bonds. The molecule has 0 aromatic carbocycles. The van der Waals surface area contributed by atoms with E-state index in [1.165, 1.54) is 6.08 Å². The van der Waals surface area contributed by atoms with Crippen LogP contribution in [0.15, 0.2) is 11.8 Å². The van der Waals surface area contributed by atoms with Crippen LogP contribution in [0.3, 0.4) is 0 Å². The molecule has 4 heteroatoms. The molecule has 0 N–H and O–H groups in total. The molecule has 2 fully saturated rings. The van der Waals surface area contributed by atoms with Gasteiger partial charge in [0, 0.05) is 0 Å². The van der Waals surface area contributed by atoms with Crippen LogP contribution in [0.4, 0.5) is 0 Å². The van der Waals surface area contributed by atoms with E-state index in [4.69, 9.17) is 19.5 Å². The van der Waals surface area contributed by atoms with Crippen LogP contribution >= 0.6 is 0 Å². The van der Waals surface area contributed by atoms with Crippen molar-refractivity contribution in [2.45, 2.75) is 31.8 Å². The zero-order chi connectivity index (χ0) is 9.47. The molecule has 2 atom stereocenters. The topological polar surface area (TPSA) is 51.5 Å². The van der Waals surface area contributed by atoms with Crippen LogP contribution in [-0.2, 0) is 14.2 Å². The molecule has 2 rings (SSSR count). The summed E-state index contributed by atoms with van der Waals surface area (Å²) in [5.41, 5.74) is 0. The lowest BCUT2D eigenvalue weighted by Gasteiger charge is -2.18. The lowest BCUT2D eigenvalue weighted by Crippen LogP contribution is -2.23. The molecule has 2 saturated heterocycles. The second kappa shape index (κ2) is 2.72. The molecule has 0 aromatic heterocycles. The highest BCUT2D eigenvalue weighted by Crippen LogP contribution is 2.36. The molecule has 2 aliphatic rings. The Kier molecular flexibility index (Phi) is 1.79. The molecule has 0 spiro atoms. The molecule has 2 heterocycles. The number of rotatable bonds is 0. The van der Waals surface area contributed by atoms with E-state index in [0.717, 1.165) is 0 Å². The average Bonchev–Trinajstić information content (AvgIpc) is 2.48. The van der Waals surface area contributed by atoms with Gasteiger partial charge in [0.1, 0.15) is 24.6 Å². The summed E-state index contributed by atoms with van der Waals surface area (Å²) in [6.07, 6.45) is 1.11. The van der Waals surface area contributed by atoms with E-state index in [2.05, 4.69) is 0 Å². The van der Waals surface area contributed by atoms with Gasteiger partial charge in [0.25, 0.3) is 0 Å². The molecule has 70 valence electrons. The van der Waals surface area contributed by atoms with E-state index in [-0.39, 0.29) is 12.2 Å². The minimum atomic E-state index is -0.562. The summed E-state index contributed by atoms with van der Waals surface area (Å²) in [5.74, 6) is 0.0197. The van der Waals surface area contributed by atoms with Gasteiger partial charge in [-0.2, -0.15) is 5.26 Å². The molecular weight excluding hydrogens is 170 g/mol. The van der Waals surface area contributed by atoms with Crippen molar-refractivity contribution in [2.75, 3.05) is 6.61 Å². The SMILES string of the molecule is CC1(C)O[C@@H]2CO/C(=C/C#N)[C@@H]2O1. The van der Waals surface area contributed by atoms with Gasteiger partial charge in [0.2, 0.25) is 0 Å². The smallest absolute Gasteiger partial charge is 0.164 e. The fourth-order valence-corrected chi connectivity index (χ4v) is 1.65. The maximum atomic E-state index is 8.47. The number of nitrogens with zero attached hydrogens (tertiary/aromatic N) is 1. The van der Waals surface area contributed by atoms with Gasteiger partial charge < -0.3 is 14.2 Å². The standard InChI is InChI=1S/C9H11NO3/c1-9(2)12-7-5-11-6(3-4-10)8(7)13-9/h3,7-8H,5H2,1-2H3/b6-3+/t7-,8+/m1/s1. The Morgan fingerprint density at radius 2 is 2.31 bits per heavy atom. The summed E-state index contributed by atoms with van der Waals surface area (Å²) in [7, 11) is 0. The lowest BCUT2D eigenvalue weighted by molar-refractivity contribution is -0.157. The van der Waals surface area contributed by atoms with Crippen LogP contribution in [0.1, 0.15) is 13.8 Å². The first-order valence-corrected chi connectivity index (χ1v) is 4.20. The summed E-state index contributed by atoms with van der Waals surface area (Å²) in [5, 5.41) is 8.47. The highest BCUT2D eigenvalue weighted by atomic mass is 16.8. The Morgan fingerprint density at radius 1 is 1.54 bits per heavy atom. The first kappa shape index (κ1) is 8.54. The summed E-state index contributed by atoms with van der Waals surface area (Å²) in [4.78, 5) is 0. The maximum Gasteiger partial charge on any atom is 0.164 e. The largest absolute Gasteiger partial charge is 0.491 e. The first-order chi connectivity index (χ1) is 6.12. The van der Waals surface area contributed by atoms with Gasteiger partial charge in [0.05, 0.1) is 12.1 Å². The van der Waals surface area contributed by atoms with E-state index in [0.29, 0.717) is 12.4 Å². The van der Waals surface area contributed by atoms with E-state index >= 15 is 0 Å². The number of nitriles is 1. The number of ether oxygens (including phenoxy) is 3. The van der Waals surface area contributed by atoms with Crippen molar-refractivity contribution in [3.05, 3.63) is 11.8 Å². The summed E-state index contributed by atoms with van der Waals surface area (Å²) >= 11 is 0. The van der Waals surface area contributed by atoms with Crippen LogP contribution < -0.4 is 0 Å². The van der Waals surface area contributed by atoms with Gasteiger partial charge in [-0.25, -0.2) is 0 Å². The minimum absolute atomic E-state index is 0.0606. The van der Waals surface area contributed by atoms with E-state index in [1.807, 2.05) is 19.9 Å². The quantitative estimate of drug-likeness (QED) is 0.522. The summed E-state index contributed by atoms with van der Waals surface area (Å²) in [6, 6.07) is 1.93. The van der Waals surface area contributed by atoms with Crippen molar-refractivity contribution < 1.29 is 14.2 Å². The van der Waals surface area contributed by atoms with Crippen LogP contribution in [0, 0.1) is 11.3 Å². The van der Waals surface area contributed by atoms with Crippen molar-refractivity contribution in [1.82, 2.24) is 0 Å². The van der Waals surface area contributed by atoms with E-state index in [9.17, 15) is 0 Å². The highest BCUT2D eigenvalue weighted by molar-refractivity contribution is 5.18. The van der Waals surface area contributed by atoms with Crippen molar-refractivity contribution >= 4 is 0 Å². The Labute approximate surface area is 76.7 Å². The fourth-order valence-electron chi connectivity index (χ4n) is 1.65. The third-order valence-electron chi connectivity index (χ3n) is 2.09. The van der Waals surface area contributed by atoms with Crippen molar-refractivity contribution in [3.8, 4) is 6.07 Å². The molecule has 0 aromatic rings. The molecular formula is C9H11NO3. The minimum Gasteiger partial charge on any atom is -0.491 e. The second-order valence-corrected chi connectivity index (χ2v) is 3.58. The molecule has 0 radical (unpaired) electrons. The van der Waals surface area contributed by atoms with Gasteiger partial charge in [-0.05, 0) is 13.8 Å². The molecule has 2 aliphatic heterocycles. The molecule has 0 saturated carbocycles. The van der Waals surface area contributed by atoms with Crippen LogP contribution in [0.2, 0.25) is 0 Å².